The van der Waals surface area contributed by atoms with Crippen LogP contribution in [0.4, 0.5) is 9.52 Å². The zero-order valence-electron chi connectivity index (χ0n) is 21.5. The first-order valence-electron chi connectivity index (χ1n) is 12.3. The molecule has 202 valence electrons. The van der Waals surface area contributed by atoms with Crippen LogP contribution in [-0.4, -0.2) is 41.0 Å². The summed E-state index contributed by atoms with van der Waals surface area (Å²) in [6, 6.07) is 10.7. The molecule has 1 amide bonds. The summed E-state index contributed by atoms with van der Waals surface area (Å²) >= 11 is 0.836. The number of aliphatic hydroxyl groups is 1. The molecule has 3 aromatic rings. The third-order valence-electron chi connectivity index (χ3n) is 6.05. The Morgan fingerprint density at radius 1 is 1.21 bits per heavy atom. The summed E-state index contributed by atoms with van der Waals surface area (Å²) in [5.41, 5.74) is 0.216. The molecule has 1 aliphatic rings. The number of rotatable bonds is 10. The Kier molecular flexibility index (Phi) is 8.55. The lowest BCUT2D eigenvalue weighted by Crippen LogP contribution is -2.29. The number of nitrogens with zero attached hydrogens (tertiary/aromatic N) is 2. The molecule has 1 fully saturated rings. The van der Waals surface area contributed by atoms with E-state index >= 15 is 4.39 Å². The maximum absolute atomic E-state index is 15.1. The summed E-state index contributed by atoms with van der Waals surface area (Å²) < 4.78 is 25.9. The molecule has 1 N–H and O–H groups in total. The highest BCUT2D eigenvalue weighted by molar-refractivity contribution is 7.17. The summed E-state index contributed by atoms with van der Waals surface area (Å²) in [4.78, 5) is 44.6. The Balaban J connectivity index is 1.81. The van der Waals surface area contributed by atoms with Crippen molar-refractivity contribution in [3.63, 3.8) is 0 Å². The topological polar surface area (TPSA) is 106 Å². The van der Waals surface area contributed by atoms with E-state index in [0.29, 0.717) is 12.4 Å². The van der Waals surface area contributed by atoms with Gasteiger partial charge < -0.3 is 14.6 Å². The van der Waals surface area contributed by atoms with E-state index in [4.69, 9.17) is 9.47 Å². The van der Waals surface area contributed by atoms with Crippen LogP contribution >= 0.6 is 11.3 Å². The maximum atomic E-state index is 15.1. The molecular formula is C29H27FN2O6S. The Hall–Kier alpha value is -4.31. The van der Waals surface area contributed by atoms with Gasteiger partial charge in [0.05, 0.1) is 17.9 Å². The average molecular weight is 551 g/mol. The summed E-state index contributed by atoms with van der Waals surface area (Å²) in [6.07, 6.45) is 3.28. The lowest BCUT2D eigenvalue weighted by Gasteiger charge is -2.23. The third kappa shape index (κ3) is 5.61. The standard InChI is InChI=1S/C29H27FN2O6S/c1-4-6-16-37-19-13-11-18(12-14-19)24(33)22-23(20-9-7-8-10-21(20)30)32(27(35)25(22)34)29-31-17(3)26(39-29)28(36)38-15-5-2/h5,7-14,23,33H,2,4,6,15-16H2,1,3H3/t23-/m1/s1. The van der Waals surface area contributed by atoms with Gasteiger partial charge in [-0.3, -0.25) is 14.5 Å². The van der Waals surface area contributed by atoms with Gasteiger partial charge in [0, 0.05) is 11.1 Å². The minimum absolute atomic E-state index is 0.00729. The van der Waals surface area contributed by atoms with Crippen molar-refractivity contribution < 1.29 is 33.4 Å². The highest BCUT2D eigenvalue weighted by atomic mass is 32.1. The molecule has 0 unspecified atom stereocenters. The number of anilines is 1. The van der Waals surface area contributed by atoms with Gasteiger partial charge in [0.15, 0.2) is 5.13 Å². The van der Waals surface area contributed by atoms with Crippen LogP contribution < -0.4 is 9.64 Å². The monoisotopic (exact) mass is 550 g/mol. The largest absolute Gasteiger partial charge is 0.507 e. The molecule has 2 aromatic carbocycles. The Bertz CT molecular complexity index is 1450. The van der Waals surface area contributed by atoms with E-state index < -0.39 is 35.3 Å². The molecule has 8 nitrogen and oxygen atoms in total. The minimum atomic E-state index is -1.32. The molecule has 1 aliphatic heterocycles. The molecule has 4 rings (SSSR count). The molecule has 39 heavy (non-hydrogen) atoms. The van der Waals surface area contributed by atoms with Gasteiger partial charge in [-0.2, -0.15) is 0 Å². The van der Waals surface area contributed by atoms with Crippen molar-refractivity contribution in [1.82, 2.24) is 4.98 Å². The number of aromatic nitrogens is 1. The van der Waals surface area contributed by atoms with Gasteiger partial charge in [-0.1, -0.05) is 55.5 Å². The van der Waals surface area contributed by atoms with E-state index in [1.165, 1.54) is 24.3 Å². The second-order valence-corrected chi connectivity index (χ2v) is 9.69. The number of benzene rings is 2. The van der Waals surface area contributed by atoms with E-state index in [-0.39, 0.29) is 39.0 Å². The number of carbonyl (C=O) groups excluding carboxylic acids is 3. The fourth-order valence-corrected chi connectivity index (χ4v) is 5.08. The molecule has 0 radical (unpaired) electrons. The van der Waals surface area contributed by atoms with Gasteiger partial charge in [0.2, 0.25) is 0 Å². The summed E-state index contributed by atoms with van der Waals surface area (Å²) in [5, 5.41) is 11.3. The number of hydrogen-bond donors (Lipinski definition) is 1. The number of amides is 1. The van der Waals surface area contributed by atoms with Crippen molar-refractivity contribution >= 4 is 39.9 Å². The van der Waals surface area contributed by atoms with Crippen molar-refractivity contribution in [2.24, 2.45) is 0 Å². The average Bonchev–Trinajstić information content (AvgIpc) is 3.44. The molecule has 2 heterocycles. The van der Waals surface area contributed by atoms with Crippen LogP contribution in [0.25, 0.3) is 5.76 Å². The van der Waals surface area contributed by atoms with Crippen molar-refractivity contribution in [2.75, 3.05) is 18.1 Å². The van der Waals surface area contributed by atoms with E-state index in [1.54, 1.807) is 37.3 Å². The zero-order chi connectivity index (χ0) is 28.1. The van der Waals surface area contributed by atoms with E-state index in [1.807, 2.05) is 6.92 Å². The first kappa shape index (κ1) is 27.7. The number of ketones is 1. The molecule has 1 saturated heterocycles. The van der Waals surface area contributed by atoms with Crippen LogP contribution in [0.5, 0.6) is 5.75 Å². The van der Waals surface area contributed by atoms with Crippen molar-refractivity contribution in [1.29, 1.82) is 0 Å². The second kappa shape index (κ2) is 12.0. The van der Waals surface area contributed by atoms with Crippen LogP contribution in [0, 0.1) is 12.7 Å². The second-order valence-electron chi connectivity index (χ2n) is 8.72. The summed E-state index contributed by atoms with van der Waals surface area (Å²) in [7, 11) is 0. The smallest absolute Gasteiger partial charge is 0.350 e. The van der Waals surface area contributed by atoms with Crippen LogP contribution in [0.3, 0.4) is 0 Å². The van der Waals surface area contributed by atoms with E-state index in [2.05, 4.69) is 11.6 Å². The molecule has 0 aliphatic carbocycles. The van der Waals surface area contributed by atoms with Crippen molar-refractivity contribution in [3.8, 4) is 5.75 Å². The number of thiazole rings is 1. The predicted molar refractivity (Wildman–Crippen MR) is 145 cm³/mol. The van der Waals surface area contributed by atoms with Crippen LogP contribution in [0.15, 0.2) is 66.8 Å². The number of ether oxygens (including phenoxy) is 2. The molecule has 1 atom stereocenters. The maximum Gasteiger partial charge on any atom is 0.350 e. The fourth-order valence-electron chi connectivity index (χ4n) is 4.09. The Labute approximate surface area is 229 Å². The zero-order valence-corrected chi connectivity index (χ0v) is 22.3. The molecular weight excluding hydrogens is 523 g/mol. The Morgan fingerprint density at radius 3 is 2.59 bits per heavy atom. The normalized spacial score (nSPS) is 16.4. The molecule has 0 saturated carbocycles. The fraction of sp³-hybridized carbons (Fsp3) is 0.241. The van der Waals surface area contributed by atoms with Crippen molar-refractivity contribution in [2.45, 2.75) is 32.7 Å². The number of aliphatic hydroxyl groups excluding tert-OH is 1. The highest BCUT2D eigenvalue weighted by Gasteiger charge is 2.49. The van der Waals surface area contributed by atoms with Gasteiger partial charge in [0.1, 0.15) is 34.9 Å². The van der Waals surface area contributed by atoms with Gasteiger partial charge in [-0.25, -0.2) is 14.2 Å². The third-order valence-corrected chi connectivity index (χ3v) is 7.18. The first-order valence-corrected chi connectivity index (χ1v) is 13.1. The van der Waals surface area contributed by atoms with E-state index in [9.17, 15) is 19.5 Å². The molecule has 10 heteroatoms. The number of aryl methyl sites for hydroxylation is 1. The van der Waals surface area contributed by atoms with E-state index in [0.717, 1.165) is 29.1 Å². The van der Waals surface area contributed by atoms with Gasteiger partial charge in [-0.05, 0) is 43.7 Å². The number of Topliss-reactive ketones (excluding diaryl/α,β-unsaturated/α-hetero) is 1. The number of carbonyl (C=O) groups is 3. The predicted octanol–water partition coefficient (Wildman–Crippen LogP) is 5.74. The van der Waals surface area contributed by atoms with Gasteiger partial charge >= 0.3 is 11.9 Å². The van der Waals surface area contributed by atoms with Crippen LogP contribution in [-0.2, 0) is 14.3 Å². The molecule has 0 spiro atoms. The highest BCUT2D eigenvalue weighted by Crippen LogP contribution is 2.44. The van der Waals surface area contributed by atoms with Gasteiger partial charge in [0.25, 0.3) is 5.78 Å². The van der Waals surface area contributed by atoms with Crippen molar-refractivity contribution in [3.05, 3.63) is 94.3 Å². The quantitative estimate of drug-likeness (QED) is 0.0857. The number of esters is 1. The number of hydrogen-bond acceptors (Lipinski definition) is 8. The lowest BCUT2D eigenvalue weighted by molar-refractivity contribution is -0.132. The number of unbranched alkanes of at least 4 members (excludes halogenated alkanes) is 1. The Morgan fingerprint density at radius 2 is 1.92 bits per heavy atom. The van der Waals surface area contributed by atoms with Gasteiger partial charge in [-0.15, -0.1) is 0 Å². The minimum Gasteiger partial charge on any atom is -0.507 e. The number of halogens is 1. The summed E-state index contributed by atoms with van der Waals surface area (Å²) in [5.74, 6) is -3.25. The SMILES string of the molecule is C=CCOC(=O)c1sc(N2C(=O)C(=O)C(=C(O)c3ccc(OCCCC)cc3)[C@H]2c2ccccc2F)nc1C. The van der Waals surface area contributed by atoms with Crippen LogP contribution in [0.1, 0.15) is 52.3 Å². The lowest BCUT2D eigenvalue weighted by atomic mass is 9.95. The molecule has 0 bridgehead atoms. The first-order chi connectivity index (χ1) is 18.8. The van der Waals surface area contributed by atoms with Crippen LogP contribution in [0.2, 0.25) is 0 Å². The molecule has 1 aromatic heterocycles. The summed E-state index contributed by atoms with van der Waals surface area (Å²) in [6.45, 7) is 7.63.